The fourth-order valence-corrected chi connectivity index (χ4v) is 1.86. The lowest BCUT2D eigenvalue weighted by atomic mass is 10.1. The Hall–Kier alpha value is -1.51. The minimum Gasteiger partial charge on any atom is -0.508 e. The molecule has 0 unspecified atom stereocenters. The molecule has 3 nitrogen and oxygen atoms in total. The van der Waals surface area contributed by atoms with E-state index in [0.717, 1.165) is 24.3 Å². The van der Waals surface area contributed by atoms with Gasteiger partial charge in [0.15, 0.2) is 0 Å². The summed E-state index contributed by atoms with van der Waals surface area (Å²) >= 11 is 0. The molecule has 0 fully saturated rings. The molecule has 1 N–H and O–H groups in total. The third kappa shape index (κ3) is 3.77. The highest BCUT2D eigenvalue weighted by molar-refractivity contribution is 5.75. The predicted octanol–water partition coefficient (Wildman–Crippen LogP) is 2.76. The number of phenolic OH excluding ortho intramolecular Hbond substituents is 1. The van der Waals surface area contributed by atoms with E-state index in [2.05, 4.69) is 18.7 Å². The van der Waals surface area contributed by atoms with Crippen LogP contribution in [-0.4, -0.2) is 24.0 Å². The Bertz CT molecular complexity index is 384. The summed E-state index contributed by atoms with van der Waals surface area (Å²) in [5.41, 5.74) is 1.87. The zero-order valence-electron chi connectivity index (χ0n) is 10.9. The number of carbonyl (C=O) groups excluding carboxylic acids is 1. The van der Waals surface area contributed by atoms with Gasteiger partial charge in [-0.25, -0.2) is 0 Å². The smallest absolute Gasteiger partial charge is 0.130 e. The molecule has 1 aromatic rings. The first kappa shape index (κ1) is 13.6. The predicted molar refractivity (Wildman–Crippen MR) is 70.7 cm³/mol. The quantitative estimate of drug-likeness (QED) is 0.824. The summed E-state index contributed by atoms with van der Waals surface area (Å²) in [7, 11) is 0. The Labute approximate surface area is 103 Å². The molecular weight excluding hydrogens is 214 g/mol. The van der Waals surface area contributed by atoms with E-state index in [4.69, 9.17) is 0 Å². The van der Waals surface area contributed by atoms with Gasteiger partial charge >= 0.3 is 0 Å². The Morgan fingerprint density at radius 3 is 2.41 bits per heavy atom. The molecule has 0 aliphatic carbocycles. The van der Waals surface area contributed by atoms with Crippen molar-refractivity contribution in [3.63, 3.8) is 0 Å². The molecule has 0 spiro atoms. The van der Waals surface area contributed by atoms with Crippen LogP contribution in [0.25, 0.3) is 0 Å². The van der Waals surface area contributed by atoms with Crippen LogP contribution < -0.4 is 4.90 Å². The van der Waals surface area contributed by atoms with E-state index in [0.29, 0.717) is 12.8 Å². The second kappa shape index (κ2) is 6.28. The van der Waals surface area contributed by atoms with Gasteiger partial charge in [0.1, 0.15) is 11.5 Å². The molecule has 0 saturated heterocycles. The monoisotopic (exact) mass is 235 g/mol. The fraction of sp³-hybridized carbons (Fsp3) is 0.500. The van der Waals surface area contributed by atoms with Crippen molar-refractivity contribution in [3.05, 3.63) is 23.8 Å². The summed E-state index contributed by atoms with van der Waals surface area (Å²) in [4.78, 5) is 13.1. The van der Waals surface area contributed by atoms with Crippen molar-refractivity contribution in [2.45, 2.75) is 33.6 Å². The van der Waals surface area contributed by atoms with Crippen molar-refractivity contribution in [3.8, 4) is 5.75 Å². The van der Waals surface area contributed by atoms with Crippen LogP contribution in [0, 0.1) is 0 Å². The lowest BCUT2D eigenvalue weighted by Gasteiger charge is -2.21. The van der Waals surface area contributed by atoms with Gasteiger partial charge in [-0.1, -0.05) is 6.07 Å². The summed E-state index contributed by atoms with van der Waals surface area (Å²) in [5.74, 6) is 0.438. The minimum atomic E-state index is 0.150. The molecule has 0 heterocycles. The molecule has 0 bridgehead atoms. The van der Waals surface area contributed by atoms with Gasteiger partial charge in [0, 0.05) is 31.3 Å². The van der Waals surface area contributed by atoms with Crippen molar-refractivity contribution < 1.29 is 9.90 Å². The molecule has 1 aromatic carbocycles. The number of benzene rings is 1. The van der Waals surface area contributed by atoms with Crippen molar-refractivity contribution in [2.75, 3.05) is 18.0 Å². The standard InChI is InChI=1S/C14H21NO2/c1-4-15(5-2)13-9-8-12(14(17)10-13)7-6-11(3)16/h8-10,17H,4-7H2,1-3H3. The van der Waals surface area contributed by atoms with E-state index < -0.39 is 0 Å². The fourth-order valence-electron chi connectivity index (χ4n) is 1.86. The number of aromatic hydroxyl groups is 1. The van der Waals surface area contributed by atoms with E-state index in [1.165, 1.54) is 0 Å². The first-order valence-electron chi connectivity index (χ1n) is 6.14. The maximum Gasteiger partial charge on any atom is 0.130 e. The Morgan fingerprint density at radius 2 is 1.94 bits per heavy atom. The van der Waals surface area contributed by atoms with Crippen LogP contribution in [0.3, 0.4) is 0 Å². The van der Waals surface area contributed by atoms with Crippen LogP contribution in [0.1, 0.15) is 32.8 Å². The van der Waals surface area contributed by atoms with Gasteiger partial charge in [-0.2, -0.15) is 0 Å². The van der Waals surface area contributed by atoms with Crippen LogP contribution in [0.15, 0.2) is 18.2 Å². The molecule has 94 valence electrons. The Balaban J connectivity index is 2.81. The molecule has 0 aliphatic rings. The van der Waals surface area contributed by atoms with Crippen LogP contribution >= 0.6 is 0 Å². The SMILES string of the molecule is CCN(CC)c1ccc(CCC(C)=O)c(O)c1. The van der Waals surface area contributed by atoms with Gasteiger partial charge < -0.3 is 14.8 Å². The number of ketones is 1. The third-order valence-electron chi connectivity index (χ3n) is 2.94. The maximum atomic E-state index is 10.9. The number of carbonyl (C=O) groups is 1. The Kier molecular flexibility index (Phi) is 5.01. The van der Waals surface area contributed by atoms with Crippen LogP contribution in [0.4, 0.5) is 5.69 Å². The molecule has 0 aliphatic heterocycles. The highest BCUT2D eigenvalue weighted by Crippen LogP contribution is 2.25. The van der Waals surface area contributed by atoms with Crippen LogP contribution in [0.2, 0.25) is 0 Å². The van der Waals surface area contributed by atoms with Gasteiger partial charge in [-0.3, -0.25) is 0 Å². The molecule has 1 rings (SSSR count). The lowest BCUT2D eigenvalue weighted by Crippen LogP contribution is -2.21. The second-order valence-electron chi connectivity index (χ2n) is 4.19. The van der Waals surface area contributed by atoms with Gasteiger partial charge in [0.25, 0.3) is 0 Å². The number of hydrogen-bond donors (Lipinski definition) is 1. The highest BCUT2D eigenvalue weighted by atomic mass is 16.3. The third-order valence-corrected chi connectivity index (χ3v) is 2.94. The highest BCUT2D eigenvalue weighted by Gasteiger charge is 2.07. The number of phenols is 1. The number of hydrogen-bond acceptors (Lipinski definition) is 3. The van der Waals surface area contributed by atoms with Crippen molar-refractivity contribution in [1.29, 1.82) is 0 Å². The van der Waals surface area contributed by atoms with E-state index in [-0.39, 0.29) is 11.5 Å². The minimum absolute atomic E-state index is 0.150. The summed E-state index contributed by atoms with van der Waals surface area (Å²) in [6.07, 6.45) is 1.10. The van der Waals surface area contributed by atoms with Crippen molar-refractivity contribution >= 4 is 11.5 Å². The number of nitrogens with zero attached hydrogens (tertiary/aromatic N) is 1. The molecular formula is C14H21NO2. The topological polar surface area (TPSA) is 40.5 Å². The molecule has 0 amide bonds. The molecule has 17 heavy (non-hydrogen) atoms. The summed E-state index contributed by atoms with van der Waals surface area (Å²) in [6, 6.07) is 5.69. The van der Waals surface area contributed by atoms with E-state index in [1.807, 2.05) is 12.1 Å². The largest absolute Gasteiger partial charge is 0.508 e. The van der Waals surface area contributed by atoms with Crippen LogP contribution in [0.5, 0.6) is 5.75 Å². The van der Waals surface area contributed by atoms with Gasteiger partial charge in [0.05, 0.1) is 0 Å². The van der Waals surface area contributed by atoms with Gasteiger partial charge in [-0.05, 0) is 38.8 Å². The van der Waals surface area contributed by atoms with Crippen molar-refractivity contribution in [1.82, 2.24) is 0 Å². The lowest BCUT2D eigenvalue weighted by molar-refractivity contribution is -0.116. The van der Waals surface area contributed by atoms with Crippen LogP contribution in [-0.2, 0) is 11.2 Å². The van der Waals surface area contributed by atoms with E-state index >= 15 is 0 Å². The van der Waals surface area contributed by atoms with E-state index in [1.54, 1.807) is 13.0 Å². The first-order valence-corrected chi connectivity index (χ1v) is 6.14. The molecule has 0 radical (unpaired) electrons. The number of aryl methyl sites for hydroxylation is 1. The average molecular weight is 235 g/mol. The average Bonchev–Trinajstić information content (AvgIpc) is 2.29. The zero-order valence-corrected chi connectivity index (χ0v) is 10.9. The normalized spacial score (nSPS) is 10.3. The summed E-state index contributed by atoms with van der Waals surface area (Å²) < 4.78 is 0. The van der Waals surface area contributed by atoms with Crippen molar-refractivity contribution in [2.24, 2.45) is 0 Å². The van der Waals surface area contributed by atoms with Gasteiger partial charge in [0.2, 0.25) is 0 Å². The van der Waals surface area contributed by atoms with E-state index in [9.17, 15) is 9.90 Å². The number of rotatable bonds is 6. The zero-order chi connectivity index (χ0) is 12.8. The summed E-state index contributed by atoms with van der Waals surface area (Å²) in [6.45, 7) is 7.58. The molecule has 0 atom stereocenters. The number of anilines is 1. The second-order valence-corrected chi connectivity index (χ2v) is 4.19. The number of Topliss-reactive ketones (excluding diaryl/α,β-unsaturated/α-hetero) is 1. The first-order chi connectivity index (χ1) is 8.08. The Morgan fingerprint density at radius 1 is 1.29 bits per heavy atom. The van der Waals surface area contributed by atoms with Gasteiger partial charge in [-0.15, -0.1) is 0 Å². The maximum absolute atomic E-state index is 10.9. The molecule has 0 saturated carbocycles. The molecule has 0 aromatic heterocycles. The summed E-state index contributed by atoms with van der Waals surface area (Å²) in [5, 5.41) is 9.91. The molecule has 3 heteroatoms.